The highest BCUT2D eigenvalue weighted by atomic mass is 32.1. The van der Waals surface area contributed by atoms with Crippen molar-refractivity contribution in [3.05, 3.63) is 161 Å². The monoisotopic (exact) mass is 1010 g/mol. The quantitative estimate of drug-likeness (QED) is 0.0233. The molecule has 0 unspecified atom stereocenters. The van der Waals surface area contributed by atoms with E-state index in [1.165, 1.54) is 58.8 Å². The van der Waals surface area contributed by atoms with E-state index in [4.69, 9.17) is 5.41 Å². The van der Waals surface area contributed by atoms with Crippen molar-refractivity contribution >= 4 is 57.9 Å². The van der Waals surface area contributed by atoms with E-state index in [1.807, 2.05) is 24.3 Å². The fourth-order valence-corrected chi connectivity index (χ4v) is 12.5. The summed E-state index contributed by atoms with van der Waals surface area (Å²) in [5, 5.41) is 8.48. The molecule has 366 valence electrons. The van der Waals surface area contributed by atoms with E-state index < -0.39 is 97.2 Å². The van der Waals surface area contributed by atoms with Crippen molar-refractivity contribution < 1.29 is 45.1 Å². The molecule has 0 bridgehead atoms. The van der Waals surface area contributed by atoms with Gasteiger partial charge in [-0.25, -0.2) is 30.7 Å². The van der Waals surface area contributed by atoms with Crippen LogP contribution in [0.25, 0.3) is 44.2 Å². The van der Waals surface area contributed by atoms with Gasteiger partial charge < -0.3 is 0 Å². The van der Waals surface area contributed by atoms with Gasteiger partial charge in [-0.3, -0.25) is 19.8 Å². The third kappa shape index (κ3) is 8.70. The van der Waals surface area contributed by atoms with Gasteiger partial charge in [0.25, 0.3) is 0 Å². The minimum atomic E-state index is -2.10. The van der Waals surface area contributed by atoms with Gasteiger partial charge in [0.1, 0.15) is 5.82 Å². The van der Waals surface area contributed by atoms with Crippen molar-refractivity contribution in [2.75, 3.05) is 0 Å². The molecule has 71 heavy (non-hydrogen) atoms. The number of thiophene rings is 2. The largest absolute Gasteiger partial charge is 0.299 e. The molecule has 0 saturated carbocycles. The van der Waals surface area contributed by atoms with Crippen LogP contribution in [-0.2, 0) is 5.41 Å². The molecule has 0 atom stereocenters. The molecular formula is C58H50F7NO3S2. The normalized spacial score (nSPS) is 15.7. The molecule has 6 aromatic rings. The molecule has 3 aliphatic rings. The second kappa shape index (κ2) is 20.2. The third-order valence-corrected chi connectivity index (χ3v) is 16.6. The predicted octanol–water partition coefficient (Wildman–Crippen LogP) is 17.3. The Morgan fingerprint density at radius 3 is 1.39 bits per heavy atom. The molecule has 0 aliphatic heterocycles. The summed E-state index contributed by atoms with van der Waals surface area (Å²) in [6.45, 7) is 5.41. The average molecular weight is 1010 g/mol. The minimum absolute atomic E-state index is 0.369. The Kier molecular flexibility index (Phi) is 14.2. The Labute approximate surface area is 415 Å². The Morgan fingerprint density at radius 2 is 0.887 bits per heavy atom. The van der Waals surface area contributed by atoms with Crippen molar-refractivity contribution in [1.82, 2.24) is 0 Å². The maximum atomic E-state index is 15.1. The number of halogens is 7. The Hall–Kier alpha value is -6.05. The van der Waals surface area contributed by atoms with Crippen LogP contribution in [0, 0.1) is 53.1 Å². The molecular weight excluding hydrogens is 956 g/mol. The van der Waals surface area contributed by atoms with Crippen LogP contribution in [0.2, 0.25) is 0 Å². The van der Waals surface area contributed by atoms with E-state index in [-0.39, 0.29) is 11.0 Å². The first kappa shape index (κ1) is 49.9. The second-order valence-electron chi connectivity index (χ2n) is 18.8. The number of carbonyl (C=O) groups excluding carboxylic acids is 3. The summed E-state index contributed by atoms with van der Waals surface area (Å²) in [6, 6.07) is 20.1. The van der Waals surface area contributed by atoms with E-state index >= 15 is 4.39 Å². The summed E-state index contributed by atoms with van der Waals surface area (Å²) in [5.74, 6) is -15.2. The smallest absolute Gasteiger partial charge is 0.200 e. The van der Waals surface area contributed by atoms with Crippen molar-refractivity contribution in [3.8, 4) is 32.0 Å². The zero-order valence-electron chi connectivity index (χ0n) is 39.5. The molecule has 2 aromatic heterocycles. The van der Waals surface area contributed by atoms with Gasteiger partial charge >= 0.3 is 0 Å². The lowest BCUT2D eigenvalue weighted by molar-refractivity contribution is 0.0986. The first-order valence-corrected chi connectivity index (χ1v) is 26.0. The van der Waals surface area contributed by atoms with Crippen molar-refractivity contribution in [3.63, 3.8) is 0 Å². The molecule has 4 nitrogen and oxygen atoms in total. The number of benzene rings is 4. The number of carbonyl (C=O) groups is 3. The third-order valence-electron chi connectivity index (χ3n) is 14.4. The Morgan fingerprint density at radius 1 is 0.479 bits per heavy atom. The lowest BCUT2D eigenvalue weighted by Crippen LogP contribution is -2.25. The van der Waals surface area contributed by atoms with Gasteiger partial charge in [-0.1, -0.05) is 115 Å². The summed E-state index contributed by atoms with van der Waals surface area (Å²) in [6.07, 6.45) is 17.8. The maximum Gasteiger partial charge on any atom is 0.200 e. The van der Waals surface area contributed by atoms with Crippen LogP contribution in [-0.4, -0.2) is 23.1 Å². The number of hydrogen-bond acceptors (Lipinski definition) is 6. The van der Waals surface area contributed by atoms with Gasteiger partial charge in [-0.05, 0) is 102 Å². The molecule has 13 heteroatoms. The van der Waals surface area contributed by atoms with Gasteiger partial charge in [-0.15, -0.1) is 22.7 Å². The summed E-state index contributed by atoms with van der Waals surface area (Å²) in [5.41, 5.74) is 0.335. The number of fused-ring (bicyclic) bond motifs is 5. The van der Waals surface area contributed by atoms with Gasteiger partial charge in [-0.2, -0.15) is 0 Å². The molecule has 9 rings (SSSR count). The van der Waals surface area contributed by atoms with Crippen LogP contribution < -0.4 is 0 Å². The molecule has 0 spiro atoms. The lowest BCUT2D eigenvalue weighted by Gasteiger charge is -2.33. The van der Waals surface area contributed by atoms with E-state index in [9.17, 15) is 40.7 Å². The standard InChI is InChI=1S/C58H50F7NO3S2/c1-4-6-8-10-12-14-24-58(25-15-13-11-9-7-5-2)39-26-31(41-22-18-33(70-41)28-37-54(66)43-44(55(37)67)51(63)53(65)52(64)49(43)61)16-20-35(39)36-21-17-32(27-40(36)58)42-23-19-34(71-42)29-38-56(68)45-46(57(38)69)50(62)48(60)30(3)47(45)59/h16-23,26-29,66H,4-15,24-25H2,1-3H3. The second-order valence-corrected chi connectivity index (χ2v) is 21.1. The van der Waals surface area contributed by atoms with Gasteiger partial charge in [0.05, 0.1) is 33.5 Å². The number of rotatable bonds is 18. The zero-order valence-corrected chi connectivity index (χ0v) is 41.1. The molecule has 0 amide bonds. The summed E-state index contributed by atoms with van der Waals surface area (Å²) >= 11 is 2.63. The van der Waals surface area contributed by atoms with Gasteiger partial charge in [0.15, 0.2) is 40.7 Å². The number of hydrogen-bond donors (Lipinski definition) is 1. The van der Waals surface area contributed by atoms with Gasteiger partial charge in [0.2, 0.25) is 11.6 Å². The van der Waals surface area contributed by atoms with Crippen LogP contribution in [0.1, 0.15) is 167 Å². The maximum absolute atomic E-state index is 15.1. The predicted molar refractivity (Wildman–Crippen MR) is 268 cm³/mol. The average Bonchev–Trinajstić information content (AvgIpc) is 4.19. The summed E-state index contributed by atoms with van der Waals surface area (Å²) < 4.78 is 102. The number of Topliss-reactive ketones (excluding diaryl/α,β-unsaturated/α-hetero) is 3. The van der Waals surface area contributed by atoms with E-state index in [0.717, 1.165) is 116 Å². The highest BCUT2D eigenvalue weighted by Gasteiger charge is 2.44. The first-order chi connectivity index (χ1) is 34.1. The number of ketones is 3. The van der Waals surface area contributed by atoms with E-state index in [2.05, 4.69) is 38.1 Å². The molecule has 0 saturated heterocycles. The molecule has 4 aromatic carbocycles. The van der Waals surface area contributed by atoms with Crippen LogP contribution in [0.4, 0.5) is 30.7 Å². The lowest BCUT2D eigenvalue weighted by atomic mass is 9.70. The van der Waals surface area contributed by atoms with E-state index in [1.54, 1.807) is 12.1 Å². The molecule has 0 fully saturated rings. The summed E-state index contributed by atoms with van der Waals surface area (Å²) in [4.78, 5) is 42.6. The highest BCUT2D eigenvalue weighted by Crippen LogP contribution is 2.56. The number of allylic oxidation sites excluding steroid dienone is 2. The molecule has 2 heterocycles. The van der Waals surface area contributed by atoms with Crippen LogP contribution >= 0.6 is 22.7 Å². The molecule has 1 N–H and O–H groups in total. The van der Waals surface area contributed by atoms with Gasteiger partial charge in [0, 0.05) is 36.1 Å². The van der Waals surface area contributed by atoms with Crippen LogP contribution in [0.15, 0.2) is 71.8 Å². The molecule has 0 radical (unpaired) electrons. The molecule has 3 aliphatic carbocycles. The topological polar surface area (TPSA) is 75.1 Å². The van der Waals surface area contributed by atoms with Crippen molar-refractivity contribution in [2.24, 2.45) is 0 Å². The number of unbranched alkanes of at least 4 members (excludes halogenated alkanes) is 10. The first-order valence-electron chi connectivity index (χ1n) is 24.3. The van der Waals surface area contributed by atoms with Crippen molar-refractivity contribution in [1.29, 1.82) is 5.41 Å². The SMILES string of the molecule is CCCCCCCCC1(CCCCCCCC)c2cc(-c3ccc(C=C4C(=O)c5c(F)c(C)c(F)c(F)c5C4=O)s3)ccc2-c2ccc(-c3ccc(C=C4C(=N)c5c(F)c(F)c(F)c(F)c5C4=O)s3)cc21. The van der Waals surface area contributed by atoms with Crippen molar-refractivity contribution in [2.45, 2.75) is 116 Å². The van der Waals surface area contributed by atoms with Crippen LogP contribution in [0.5, 0.6) is 0 Å². The highest BCUT2D eigenvalue weighted by molar-refractivity contribution is 7.16. The summed E-state index contributed by atoms with van der Waals surface area (Å²) in [7, 11) is 0. The Balaban J connectivity index is 1.08. The zero-order chi connectivity index (χ0) is 50.5. The Bertz CT molecular complexity index is 2950. The fraction of sp³-hybridized carbons (Fsp3) is 0.310. The number of nitrogens with one attached hydrogen (secondary N) is 1. The van der Waals surface area contributed by atoms with Crippen LogP contribution in [0.3, 0.4) is 0 Å². The van der Waals surface area contributed by atoms with E-state index in [0.29, 0.717) is 9.75 Å². The minimum Gasteiger partial charge on any atom is -0.299 e. The fourth-order valence-electron chi connectivity index (χ4n) is 10.6.